The molecule has 0 bridgehead atoms. The van der Waals surface area contributed by atoms with Gasteiger partial charge in [-0.25, -0.2) is 0 Å². The Balaban J connectivity index is 1.81. The van der Waals surface area contributed by atoms with Crippen LogP contribution in [0.15, 0.2) is 78.9 Å². The van der Waals surface area contributed by atoms with Crippen molar-refractivity contribution in [1.82, 2.24) is 4.90 Å². The number of nitrogens with zero attached hydrogens (tertiary/aromatic N) is 1. The first-order valence-corrected chi connectivity index (χ1v) is 8.86. The number of fused-ring (bicyclic) bond motifs is 1. The maximum absolute atomic E-state index is 13.4. The van der Waals surface area contributed by atoms with E-state index in [0.717, 1.165) is 12.0 Å². The summed E-state index contributed by atoms with van der Waals surface area (Å²) in [5.74, 6) is 0.619. The molecule has 0 N–H and O–H groups in total. The van der Waals surface area contributed by atoms with E-state index in [9.17, 15) is 4.79 Å². The van der Waals surface area contributed by atoms with Gasteiger partial charge in [-0.3, -0.25) is 4.79 Å². The summed E-state index contributed by atoms with van der Waals surface area (Å²) in [7, 11) is 1.60. The number of carbonyl (C=O) groups excluding carboxylic acids is 1. The molecule has 0 spiro atoms. The van der Waals surface area contributed by atoms with Gasteiger partial charge in [-0.2, -0.15) is 0 Å². The van der Waals surface area contributed by atoms with Crippen LogP contribution in [0.2, 0.25) is 0 Å². The van der Waals surface area contributed by atoms with Crippen molar-refractivity contribution < 1.29 is 9.53 Å². The second-order valence-corrected chi connectivity index (χ2v) is 6.46. The molecular formula is C23H21NO2. The average molecular weight is 343 g/mol. The Kier molecular flexibility index (Phi) is 4.44. The van der Waals surface area contributed by atoms with Gasteiger partial charge in [-0.1, -0.05) is 66.7 Å². The zero-order chi connectivity index (χ0) is 17.9. The number of benzene rings is 3. The quantitative estimate of drug-likeness (QED) is 0.701. The van der Waals surface area contributed by atoms with Gasteiger partial charge < -0.3 is 9.64 Å². The largest absolute Gasteiger partial charge is 0.496 e. The summed E-state index contributed by atoms with van der Waals surface area (Å²) in [5, 5.41) is 0. The van der Waals surface area contributed by atoms with E-state index in [1.807, 2.05) is 53.4 Å². The molecule has 3 aromatic carbocycles. The predicted molar refractivity (Wildman–Crippen MR) is 102 cm³/mol. The number of para-hydroxylation sites is 1. The lowest BCUT2D eigenvalue weighted by molar-refractivity contribution is 0.0691. The molecule has 3 aromatic rings. The first kappa shape index (κ1) is 16.4. The molecule has 4 rings (SSSR count). The van der Waals surface area contributed by atoms with E-state index in [1.165, 1.54) is 11.1 Å². The summed E-state index contributed by atoms with van der Waals surface area (Å²) in [6.45, 7) is 0.688. The molecule has 0 aliphatic carbocycles. The molecule has 1 atom stereocenters. The van der Waals surface area contributed by atoms with Gasteiger partial charge in [0.2, 0.25) is 0 Å². The number of rotatable bonds is 3. The Morgan fingerprint density at radius 3 is 2.42 bits per heavy atom. The normalized spacial score (nSPS) is 16.0. The molecule has 3 heteroatoms. The van der Waals surface area contributed by atoms with Crippen molar-refractivity contribution in [2.24, 2.45) is 0 Å². The van der Waals surface area contributed by atoms with Crippen LogP contribution in [0.4, 0.5) is 0 Å². The van der Waals surface area contributed by atoms with E-state index in [2.05, 4.69) is 30.3 Å². The lowest BCUT2D eigenvalue weighted by atomic mass is 9.87. The third kappa shape index (κ3) is 2.86. The minimum absolute atomic E-state index is 0.00538. The number of amides is 1. The fourth-order valence-corrected chi connectivity index (χ4v) is 3.76. The van der Waals surface area contributed by atoms with Crippen molar-refractivity contribution in [2.75, 3.05) is 13.7 Å². The van der Waals surface area contributed by atoms with Gasteiger partial charge in [0.15, 0.2) is 0 Å². The van der Waals surface area contributed by atoms with Crippen LogP contribution in [-0.2, 0) is 6.42 Å². The summed E-state index contributed by atoms with van der Waals surface area (Å²) in [4.78, 5) is 15.4. The topological polar surface area (TPSA) is 29.5 Å². The molecule has 130 valence electrons. The van der Waals surface area contributed by atoms with Crippen molar-refractivity contribution in [1.29, 1.82) is 0 Å². The van der Waals surface area contributed by atoms with Crippen LogP contribution in [0.25, 0.3) is 0 Å². The molecule has 1 aliphatic heterocycles. The number of ether oxygens (including phenoxy) is 1. The zero-order valence-electron chi connectivity index (χ0n) is 14.8. The van der Waals surface area contributed by atoms with Crippen LogP contribution in [0.5, 0.6) is 5.75 Å². The monoisotopic (exact) mass is 343 g/mol. The highest BCUT2D eigenvalue weighted by molar-refractivity contribution is 5.97. The summed E-state index contributed by atoms with van der Waals surface area (Å²) < 4.78 is 5.42. The minimum Gasteiger partial charge on any atom is -0.496 e. The van der Waals surface area contributed by atoms with Crippen LogP contribution in [0.1, 0.15) is 33.1 Å². The fraction of sp³-hybridized carbons (Fsp3) is 0.174. The highest BCUT2D eigenvalue weighted by Crippen LogP contribution is 2.36. The molecule has 1 amide bonds. The average Bonchev–Trinajstić information content (AvgIpc) is 2.73. The number of methoxy groups -OCH3 is 1. The molecule has 3 nitrogen and oxygen atoms in total. The van der Waals surface area contributed by atoms with Gasteiger partial charge in [0.1, 0.15) is 5.75 Å². The lowest BCUT2D eigenvalue weighted by Gasteiger charge is -2.38. The molecule has 1 unspecified atom stereocenters. The van der Waals surface area contributed by atoms with E-state index in [4.69, 9.17) is 4.74 Å². The first-order chi connectivity index (χ1) is 12.8. The van der Waals surface area contributed by atoms with Crippen LogP contribution in [-0.4, -0.2) is 24.5 Å². The number of hydrogen-bond donors (Lipinski definition) is 0. The van der Waals surface area contributed by atoms with Gasteiger partial charge in [-0.05, 0) is 35.2 Å². The summed E-state index contributed by atoms with van der Waals surface area (Å²) in [6, 6.07) is 26.0. The van der Waals surface area contributed by atoms with Crippen molar-refractivity contribution >= 4 is 5.91 Å². The Bertz CT molecular complexity index is 920. The van der Waals surface area contributed by atoms with E-state index in [-0.39, 0.29) is 11.9 Å². The van der Waals surface area contributed by atoms with Gasteiger partial charge in [-0.15, -0.1) is 0 Å². The fourth-order valence-electron chi connectivity index (χ4n) is 3.76. The Labute approximate surface area is 153 Å². The molecule has 1 heterocycles. The Morgan fingerprint density at radius 1 is 0.923 bits per heavy atom. The van der Waals surface area contributed by atoms with Crippen LogP contribution in [0.3, 0.4) is 0 Å². The smallest absolute Gasteiger partial charge is 0.258 e. The molecular weight excluding hydrogens is 322 g/mol. The summed E-state index contributed by atoms with van der Waals surface area (Å²) in [5.41, 5.74) is 4.25. The van der Waals surface area contributed by atoms with Crippen molar-refractivity contribution in [3.05, 3.63) is 101 Å². The number of hydrogen-bond acceptors (Lipinski definition) is 2. The van der Waals surface area contributed by atoms with Gasteiger partial charge in [0.25, 0.3) is 5.91 Å². The SMILES string of the molecule is COc1ccccc1C(=O)N1CCc2ccccc2C1c1ccccc1. The van der Waals surface area contributed by atoms with Crippen molar-refractivity contribution in [3.63, 3.8) is 0 Å². The van der Waals surface area contributed by atoms with Crippen LogP contribution in [0, 0.1) is 0 Å². The molecule has 0 aromatic heterocycles. The Hall–Kier alpha value is -3.07. The molecule has 0 fully saturated rings. The van der Waals surface area contributed by atoms with Crippen LogP contribution < -0.4 is 4.74 Å². The molecule has 0 radical (unpaired) electrons. The lowest BCUT2D eigenvalue weighted by Crippen LogP contribution is -2.40. The molecule has 26 heavy (non-hydrogen) atoms. The third-order valence-electron chi connectivity index (χ3n) is 5.00. The standard InChI is InChI=1S/C23H21NO2/c1-26-21-14-8-7-13-20(21)23(25)24-16-15-17-9-5-6-12-19(17)22(24)18-10-3-2-4-11-18/h2-14,22H,15-16H2,1H3. The van der Waals surface area contributed by atoms with Crippen LogP contribution >= 0.6 is 0 Å². The van der Waals surface area contributed by atoms with Crippen molar-refractivity contribution in [3.8, 4) is 5.75 Å². The van der Waals surface area contributed by atoms with Gasteiger partial charge >= 0.3 is 0 Å². The van der Waals surface area contributed by atoms with E-state index >= 15 is 0 Å². The molecule has 0 saturated carbocycles. The molecule has 1 aliphatic rings. The highest BCUT2D eigenvalue weighted by atomic mass is 16.5. The summed E-state index contributed by atoms with van der Waals surface area (Å²) in [6.07, 6.45) is 0.862. The number of carbonyl (C=O) groups is 1. The summed E-state index contributed by atoms with van der Waals surface area (Å²) >= 11 is 0. The minimum atomic E-state index is -0.0847. The molecule has 0 saturated heterocycles. The second-order valence-electron chi connectivity index (χ2n) is 6.46. The van der Waals surface area contributed by atoms with E-state index in [0.29, 0.717) is 17.9 Å². The first-order valence-electron chi connectivity index (χ1n) is 8.86. The van der Waals surface area contributed by atoms with Crippen molar-refractivity contribution in [2.45, 2.75) is 12.5 Å². The highest BCUT2D eigenvalue weighted by Gasteiger charge is 2.33. The van der Waals surface area contributed by atoms with Gasteiger partial charge in [0.05, 0.1) is 18.7 Å². The van der Waals surface area contributed by atoms with E-state index in [1.54, 1.807) is 7.11 Å². The predicted octanol–water partition coefficient (Wildman–Crippen LogP) is 4.48. The van der Waals surface area contributed by atoms with E-state index < -0.39 is 0 Å². The maximum Gasteiger partial charge on any atom is 0.258 e. The maximum atomic E-state index is 13.4. The second kappa shape index (κ2) is 7.04. The zero-order valence-corrected chi connectivity index (χ0v) is 14.8. The Morgan fingerprint density at radius 2 is 1.62 bits per heavy atom. The third-order valence-corrected chi connectivity index (χ3v) is 5.00. The van der Waals surface area contributed by atoms with Gasteiger partial charge in [0, 0.05) is 6.54 Å².